The van der Waals surface area contributed by atoms with E-state index in [0.717, 1.165) is 11.3 Å². The average molecular weight is 366 g/mol. The summed E-state index contributed by atoms with van der Waals surface area (Å²) in [7, 11) is 0. The number of carbonyl (C=O) groups is 1. The first-order valence-electron chi connectivity index (χ1n) is 8.43. The van der Waals surface area contributed by atoms with Crippen LogP contribution in [-0.4, -0.2) is 21.2 Å². The first kappa shape index (κ1) is 17.0. The summed E-state index contributed by atoms with van der Waals surface area (Å²) in [6.07, 6.45) is 0. The van der Waals surface area contributed by atoms with Gasteiger partial charge in [-0.3, -0.25) is 4.79 Å². The van der Waals surface area contributed by atoms with Gasteiger partial charge >= 0.3 is 0 Å². The van der Waals surface area contributed by atoms with E-state index < -0.39 is 0 Å². The maximum absolute atomic E-state index is 13.1. The summed E-state index contributed by atoms with van der Waals surface area (Å²) < 4.78 is 16.0. The van der Waals surface area contributed by atoms with Gasteiger partial charge in [-0.05, 0) is 46.8 Å². The quantitative estimate of drug-likeness (QED) is 0.577. The fourth-order valence-corrected chi connectivity index (χ4v) is 3.14. The predicted molar refractivity (Wildman–Crippen MR) is 97.6 cm³/mol. The van der Waals surface area contributed by atoms with Crippen molar-refractivity contribution < 1.29 is 18.3 Å². The Kier molecular flexibility index (Phi) is 3.83. The van der Waals surface area contributed by atoms with Crippen LogP contribution in [0.4, 0.5) is 5.69 Å². The number of aromatic nitrogens is 3. The summed E-state index contributed by atoms with van der Waals surface area (Å²) >= 11 is 0. The highest BCUT2D eigenvalue weighted by atomic mass is 16.5. The zero-order chi connectivity index (χ0) is 19.3. The zero-order valence-electron chi connectivity index (χ0n) is 15.6. The molecule has 0 aromatic carbocycles. The third-order valence-corrected chi connectivity index (χ3v) is 4.45. The fourth-order valence-electron chi connectivity index (χ4n) is 3.14. The van der Waals surface area contributed by atoms with Crippen molar-refractivity contribution >= 4 is 22.7 Å². The lowest BCUT2D eigenvalue weighted by molar-refractivity contribution is 0.102. The molecule has 1 amide bonds. The van der Waals surface area contributed by atoms with Crippen LogP contribution in [0.3, 0.4) is 0 Å². The fraction of sp³-hybridized carbons (Fsp3) is 0.263. The van der Waals surface area contributed by atoms with Crippen LogP contribution in [0.1, 0.15) is 39.0 Å². The summed E-state index contributed by atoms with van der Waals surface area (Å²) in [5.41, 5.74) is 3.84. The minimum atomic E-state index is -0.317. The van der Waals surface area contributed by atoms with Gasteiger partial charge in [0.1, 0.15) is 22.9 Å². The number of hydrogen-bond donors (Lipinski definition) is 1. The molecule has 0 saturated heterocycles. The van der Waals surface area contributed by atoms with E-state index in [-0.39, 0.29) is 5.91 Å². The molecule has 0 unspecified atom stereocenters. The van der Waals surface area contributed by atoms with Crippen LogP contribution in [-0.2, 0) is 0 Å². The molecule has 0 aliphatic heterocycles. The van der Waals surface area contributed by atoms with Crippen LogP contribution in [0.5, 0.6) is 0 Å². The van der Waals surface area contributed by atoms with Crippen LogP contribution >= 0.6 is 0 Å². The van der Waals surface area contributed by atoms with E-state index in [1.54, 1.807) is 26.8 Å². The number of aryl methyl sites for hydroxylation is 5. The predicted octanol–water partition coefficient (Wildman–Crippen LogP) is 4.27. The normalized spacial score (nSPS) is 11.3. The van der Waals surface area contributed by atoms with Crippen molar-refractivity contribution in [3.8, 4) is 11.3 Å². The molecule has 8 heteroatoms. The molecule has 0 spiro atoms. The summed E-state index contributed by atoms with van der Waals surface area (Å²) in [6, 6.07) is 3.60. The molecule has 138 valence electrons. The van der Waals surface area contributed by atoms with Gasteiger partial charge in [-0.1, -0.05) is 10.3 Å². The summed E-state index contributed by atoms with van der Waals surface area (Å²) in [4.78, 5) is 17.6. The lowest BCUT2D eigenvalue weighted by atomic mass is 10.1. The number of fused-ring (bicyclic) bond motifs is 1. The van der Waals surface area contributed by atoms with Gasteiger partial charge in [-0.2, -0.15) is 0 Å². The van der Waals surface area contributed by atoms with Crippen LogP contribution < -0.4 is 5.32 Å². The van der Waals surface area contributed by atoms with Crippen LogP contribution in [0, 0.1) is 34.6 Å². The molecule has 0 saturated carbocycles. The molecule has 0 radical (unpaired) electrons. The van der Waals surface area contributed by atoms with Gasteiger partial charge in [0.15, 0.2) is 5.76 Å². The lowest BCUT2D eigenvalue weighted by Crippen LogP contribution is -2.14. The molecule has 1 N–H and O–H groups in total. The van der Waals surface area contributed by atoms with E-state index in [1.807, 2.05) is 19.9 Å². The van der Waals surface area contributed by atoms with Gasteiger partial charge in [0, 0.05) is 5.56 Å². The van der Waals surface area contributed by atoms with E-state index >= 15 is 0 Å². The number of rotatable bonds is 3. The van der Waals surface area contributed by atoms with Crippen molar-refractivity contribution in [3.63, 3.8) is 0 Å². The van der Waals surface area contributed by atoms with Crippen molar-refractivity contribution in [2.75, 3.05) is 5.32 Å². The van der Waals surface area contributed by atoms with Crippen molar-refractivity contribution in [3.05, 3.63) is 46.4 Å². The number of nitrogens with zero attached hydrogens (tertiary/aromatic N) is 3. The molecule has 0 atom stereocenters. The molecule has 27 heavy (non-hydrogen) atoms. The molecule has 8 nitrogen and oxygen atoms in total. The van der Waals surface area contributed by atoms with Gasteiger partial charge < -0.3 is 18.8 Å². The second-order valence-electron chi connectivity index (χ2n) is 6.48. The molecule has 4 rings (SSSR count). The zero-order valence-corrected chi connectivity index (χ0v) is 15.6. The number of hydrogen-bond acceptors (Lipinski definition) is 7. The molecule has 0 aliphatic carbocycles. The summed E-state index contributed by atoms with van der Waals surface area (Å²) in [6.45, 7) is 8.99. The van der Waals surface area contributed by atoms with Crippen molar-refractivity contribution in [1.29, 1.82) is 0 Å². The number of furan rings is 1. The third-order valence-electron chi connectivity index (χ3n) is 4.45. The Morgan fingerprint density at radius 2 is 1.70 bits per heavy atom. The first-order chi connectivity index (χ1) is 12.8. The molecule has 0 bridgehead atoms. The van der Waals surface area contributed by atoms with Gasteiger partial charge in [0.25, 0.3) is 11.6 Å². The molecule has 0 aliphatic rings. The lowest BCUT2D eigenvalue weighted by Gasteiger charge is -2.07. The highest BCUT2D eigenvalue weighted by molar-refractivity contribution is 6.13. The Morgan fingerprint density at radius 3 is 2.33 bits per heavy atom. The molecule has 4 aromatic rings. The number of amides is 1. The SMILES string of the molecule is Cc1cc(-c2cc(C(=O)Nc3c(C)noc3C)c3c(C)noc3n2)c(C)o1. The molecule has 0 fully saturated rings. The third kappa shape index (κ3) is 2.79. The smallest absolute Gasteiger partial charge is 0.259 e. The van der Waals surface area contributed by atoms with E-state index in [1.165, 1.54) is 0 Å². The topological polar surface area (TPSA) is 107 Å². The Labute approximate surface area is 154 Å². The van der Waals surface area contributed by atoms with Crippen molar-refractivity contribution in [1.82, 2.24) is 15.3 Å². The highest BCUT2D eigenvalue weighted by Gasteiger charge is 2.22. The van der Waals surface area contributed by atoms with E-state index in [4.69, 9.17) is 13.5 Å². The van der Waals surface area contributed by atoms with Crippen molar-refractivity contribution in [2.45, 2.75) is 34.6 Å². The minimum Gasteiger partial charge on any atom is -0.466 e. The van der Waals surface area contributed by atoms with Crippen LogP contribution in [0.2, 0.25) is 0 Å². The van der Waals surface area contributed by atoms with Crippen LogP contribution in [0.25, 0.3) is 22.4 Å². The maximum atomic E-state index is 13.1. The second kappa shape index (κ2) is 6.08. The Hall–Kier alpha value is -3.42. The van der Waals surface area contributed by atoms with Gasteiger partial charge in [0.05, 0.1) is 22.3 Å². The molecule has 4 aromatic heterocycles. The Morgan fingerprint density at radius 1 is 0.963 bits per heavy atom. The molecule has 4 heterocycles. The van der Waals surface area contributed by atoms with E-state index in [0.29, 0.717) is 51.0 Å². The van der Waals surface area contributed by atoms with Crippen LogP contribution in [0.15, 0.2) is 25.6 Å². The first-order valence-corrected chi connectivity index (χ1v) is 8.43. The highest BCUT2D eigenvalue weighted by Crippen LogP contribution is 2.31. The molecular formula is C19H18N4O4. The Balaban J connectivity index is 1.87. The van der Waals surface area contributed by atoms with Gasteiger partial charge in [-0.25, -0.2) is 4.98 Å². The van der Waals surface area contributed by atoms with E-state index in [2.05, 4.69) is 20.6 Å². The summed E-state index contributed by atoms with van der Waals surface area (Å²) in [5.74, 6) is 1.70. The molecular weight excluding hydrogens is 348 g/mol. The monoisotopic (exact) mass is 366 g/mol. The number of carbonyl (C=O) groups excluding carboxylic acids is 1. The minimum absolute atomic E-state index is 0.298. The summed E-state index contributed by atoms with van der Waals surface area (Å²) in [5, 5.41) is 11.3. The van der Waals surface area contributed by atoms with Gasteiger partial charge in [-0.15, -0.1) is 0 Å². The van der Waals surface area contributed by atoms with E-state index in [9.17, 15) is 4.79 Å². The maximum Gasteiger partial charge on any atom is 0.259 e. The van der Waals surface area contributed by atoms with Gasteiger partial charge in [0.2, 0.25) is 0 Å². The average Bonchev–Trinajstić information content (AvgIpc) is 3.27. The standard InChI is InChI=1S/C19H18N4O4/c1-8-6-13(11(4)25-8)15-7-14(16-9(2)22-27-19(16)20-15)18(24)21-17-10(3)23-26-12(17)5/h6-7H,1-5H3,(H,21,24). The largest absolute Gasteiger partial charge is 0.466 e. The number of nitrogens with one attached hydrogen (secondary N) is 1. The van der Waals surface area contributed by atoms with Crippen molar-refractivity contribution in [2.24, 2.45) is 0 Å². The second-order valence-corrected chi connectivity index (χ2v) is 6.48. The Bertz CT molecular complexity index is 1160. The number of pyridine rings is 1. The number of anilines is 1.